The summed E-state index contributed by atoms with van der Waals surface area (Å²) in [6.07, 6.45) is 12.6. The second-order valence-electron chi connectivity index (χ2n) is 8.12. The van der Waals surface area contributed by atoms with Crippen molar-refractivity contribution >= 4 is 11.8 Å². The van der Waals surface area contributed by atoms with E-state index in [1.807, 2.05) is 25.2 Å². The molecule has 0 unspecified atom stereocenters. The van der Waals surface area contributed by atoms with Crippen molar-refractivity contribution in [2.24, 2.45) is 0 Å². The van der Waals surface area contributed by atoms with Gasteiger partial charge in [-0.25, -0.2) is 0 Å². The highest BCUT2D eigenvalue weighted by Gasteiger charge is 2.24. The maximum atomic E-state index is 12.6. The van der Waals surface area contributed by atoms with Gasteiger partial charge in [0.1, 0.15) is 0 Å². The number of allylic oxidation sites excluding steroid dienone is 6. The molecule has 0 aliphatic heterocycles. The second kappa shape index (κ2) is 21.5. The molecule has 0 bridgehead atoms. The Morgan fingerprint density at radius 1 is 0.944 bits per heavy atom. The van der Waals surface area contributed by atoms with Gasteiger partial charge < -0.3 is 14.9 Å². The first kappa shape index (κ1) is 34.4. The van der Waals surface area contributed by atoms with Crippen LogP contribution in [0.15, 0.2) is 70.6 Å². The van der Waals surface area contributed by atoms with Crippen LogP contribution in [0.1, 0.15) is 59.3 Å². The molecule has 0 aromatic carbocycles. The van der Waals surface area contributed by atoms with Crippen LogP contribution in [-0.4, -0.2) is 60.4 Å². The van der Waals surface area contributed by atoms with E-state index in [2.05, 4.69) is 43.6 Å². The van der Waals surface area contributed by atoms with Gasteiger partial charge in [0.05, 0.1) is 19.6 Å². The molecule has 0 aliphatic rings. The van der Waals surface area contributed by atoms with E-state index in [1.54, 1.807) is 0 Å². The molecule has 0 heterocycles. The predicted octanol–water partition coefficient (Wildman–Crippen LogP) is 7.30. The molecule has 206 valence electrons. The molecule has 0 aliphatic carbocycles. The summed E-state index contributed by atoms with van der Waals surface area (Å²) in [5.74, 6) is 0. The van der Waals surface area contributed by atoms with E-state index in [1.165, 1.54) is 17.8 Å². The maximum absolute atomic E-state index is 12.6. The van der Waals surface area contributed by atoms with Crippen molar-refractivity contribution in [1.29, 1.82) is 0 Å². The molecule has 0 rings (SSSR count). The fourth-order valence-electron chi connectivity index (χ4n) is 3.11. The van der Waals surface area contributed by atoms with Crippen molar-refractivity contribution < 1.29 is 28.1 Å². The minimum absolute atomic E-state index is 0.119. The SMILES string of the molecule is C=C(SC(=CCC)CN(CC/C=C/CC)CC/C=C/COCC(O)O)C(/C=C\CC(F)(F)F)=C/CC. The number of halogens is 3. The van der Waals surface area contributed by atoms with Gasteiger partial charge in [-0.1, -0.05) is 87.7 Å². The Bertz CT molecular complexity index is 741. The molecule has 0 saturated heterocycles. The summed E-state index contributed by atoms with van der Waals surface area (Å²) in [6.45, 7) is 12.9. The average Bonchev–Trinajstić information content (AvgIpc) is 2.79. The summed E-state index contributed by atoms with van der Waals surface area (Å²) < 4.78 is 42.8. The minimum atomic E-state index is -4.22. The van der Waals surface area contributed by atoms with E-state index in [0.717, 1.165) is 66.8 Å². The second-order valence-corrected chi connectivity index (χ2v) is 9.34. The van der Waals surface area contributed by atoms with Gasteiger partial charge in [0.2, 0.25) is 0 Å². The molecule has 36 heavy (non-hydrogen) atoms. The van der Waals surface area contributed by atoms with Crippen molar-refractivity contribution in [3.8, 4) is 0 Å². The van der Waals surface area contributed by atoms with Gasteiger partial charge in [0, 0.05) is 24.5 Å². The zero-order valence-corrected chi connectivity index (χ0v) is 22.8. The average molecular weight is 532 g/mol. The van der Waals surface area contributed by atoms with Crippen molar-refractivity contribution in [3.63, 3.8) is 0 Å². The topological polar surface area (TPSA) is 52.9 Å². The van der Waals surface area contributed by atoms with Crippen LogP contribution in [0.5, 0.6) is 0 Å². The summed E-state index contributed by atoms with van der Waals surface area (Å²) in [5.41, 5.74) is 0.724. The lowest BCUT2D eigenvalue weighted by Gasteiger charge is -2.23. The number of aliphatic hydroxyl groups excluding tert-OH is 1. The van der Waals surface area contributed by atoms with Crippen molar-refractivity contribution in [3.05, 3.63) is 70.6 Å². The normalized spacial score (nSPS) is 13.9. The monoisotopic (exact) mass is 531 g/mol. The van der Waals surface area contributed by atoms with Gasteiger partial charge in [0.25, 0.3) is 0 Å². The third-order valence-corrected chi connectivity index (χ3v) is 5.77. The Balaban J connectivity index is 5.20. The Labute approximate surface area is 220 Å². The fraction of sp³-hybridized carbons (Fsp3) is 0.571. The van der Waals surface area contributed by atoms with Crippen LogP contribution in [0, 0.1) is 0 Å². The highest BCUT2D eigenvalue weighted by molar-refractivity contribution is 8.07. The highest BCUT2D eigenvalue weighted by Crippen LogP contribution is 2.32. The van der Waals surface area contributed by atoms with Crippen LogP contribution in [0.4, 0.5) is 13.2 Å². The zero-order valence-electron chi connectivity index (χ0n) is 22.0. The van der Waals surface area contributed by atoms with Gasteiger partial charge in [-0.3, -0.25) is 4.90 Å². The molecular weight excluding hydrogens is 487 g/mol. The lowest BCUT2D eigenvalue weighted by atomic mass is 10.2. The Morgan fingerprint density at radius 2 is 1.58 bits per heavy atom. The quantitative estimate of drug-likeness (QED) is 0.0747. The molecule has 0 saturated carbocycles. The highest BCUT2D eigenvalue weighted by atomic mass is 32.2. The first-order valence-corrected chi connectivity index (χ1v) is 13.4. The standard InChI is InChI=1S/C28H44F3NO3S/c1-5-8-9-11-19-32(20-12-10-13-21-35-23-27(33)34)22-26(16-7-3)36-24(4)25(15-6-2)17-14-18-28(29,30)31/h8-10,13-17,27,33-34H,4-7,11-12,18-23H2,1-3H3/b9-8+,13-10+,17-14-,25-15+,26-16?. The summed E-state index contributed by atoms with van der Waals surface area (Å²) in [6, 6.07) is 0. The van der Waals surface area contributed by atoms with Crippen LogP contribution in [0.3, 0.4) is 0 Å². The fourth-order valence-corrected chi connectivity index (χ4v) is 4.20. The molecule has 0 atom stereocenters. The van der Waals surface area contributed by atoms with Gasteiger partial charge in [-0.2, -0.15) is 13.2 Å². The number of thioether (sulfide) groups is 1. The molecule has 0 amide bonds. The van der Waals surface area contributed by atoms with Gasteiger partial charge >= 0.3 is 6.18 Å². The Kier molecular flexibility index (Phi) is 20.6. The zero-order chi connectivity index (χ0) is 27.2. The molecule has 0 aromatic heterocycles. The predicted molar refractivity (Wildman–Crippen MR) is 147 cm³/mol. The molecule has 0 spiro atoms. The molecule has 4 nitrogen and oxygen atoms in total. The van der Waals surface area contributed by atoms with Crippen molar-refractivity contribution in [2.45, 2.75) is 71.8 Å². The van der Waals surface area contributed by atoms with E-state index in [-0.39, 0.29) is 6.61 Å². The van der Waals surface area contributed by atoms with Gasteiger partial charge in [-0.15, -0.1) is 0 Å². The summed E-state index contributed by atoms with van der Waals surface area (Å²) in [5, 5.41) is 17.6. The number of hydrogen-bond donors (Lipinski definition) is 2. The number of hydrogen-bond acceptors (Lipinski definition) is 5. The molecule has 0 aromatic rings. The third-order valence-electron chi connectivity index (χ3n) is 4.73. The van der Waals surface area contributed by atoms with Gasteiger partial charge in [0.15, 0.2) is 6.29 Å². The first-order valence-electron chi connectivity index (χ1n) is 12.6. The number of nitrogens with zero attached hydrogens (tertiary/aromatic N) is 1. The van der Waals surface area contributed by atoms with Gasteiger partial charge in [-0.05, 0) is 42.6 Å². The molecule has 8 heteroatoms. The third kappa shape index (κ3) is 20.6. The smallest absolute Gasteiger partial charge is 0.372 e. The molecule has 0 fully saturated rings. The number of ether oxygens (including phenoxy) is 1. The first-order chi connectivity index (χ1) is 17.1. The van der Waals surface area contributed by atoms with E-state index in [4.69, 9.17) is 14.9 Å². The van der Waals surface area contributed by atoms with Crippen LogP contribution < -0.4 is 0 Å². The van der Waals surface area contributed by atoms with Crippen LogP contribution in [-0.2, 0) is 4.74 Å². The minimum Gasteiger partial charge on any atom is -0.372 e. The molecule has 0 radical (unpaired) electrons. The summed E-state index contributed by atoms with van der Waals surface area (Å²) >= 11 is 1.52. The van der Waals surface area contributed by atoms with Crippen LogP contribution >= 0.6 is 11.8 Å². The Hall–Kier alpha value is -1.58. The Morgan fingerprint density at radius 3 is 2.14 bits per heavy atom. The van der Waals surface area contributed by atoms with Crippen LogP contribution in [0.25, 0.3) is 0 Å². The van der Waals surface area contributed by atoms with E-state index in [0.29, 0.717) is 13.0 Å². The van der Waals surface area contributed by atoms with Crippen molar-refractivity contribution in [1.82, 2.24) is 4.90 Å². The lowest BCUT2D eigenvalue weighted by Crippen LogP contribution is -2.27. The number of aliphatic hydroxyl groups is 2. The van der Waals surface area contributed by atoms with E-state index >= 15 is 0 Å². The van der Waals surface area contributed by atoms with E-state index in [9.17, 15) is 13.2 Å². The number of rotatable bonds is 20. The molecular formula is C28H44F3NO3S. The summed E-state index contributed by atoms with van der Waals surface area (Å²) in [4.78, 5) is 4.22. The van der Waals surface area contributed by atoms with Crippen LogP contribution in [0.2, 0.25) is 0 Å². The summed E-state index contributed by atoms with van der Waals surface area (Å²) in [7, 11) is 0. The largest absolute Gasteiger partial charge is 0.392 e. The number of alkyl halides is 3. The molecule has 2 N–H and O–H groups in total. The van der Waals surface area contributed by atoms with E-state index < -0.39 is 18.9 Å². The lowest BCUT2D eigenvalue weighted by molar-refractivity contribution is -0.125. The van der Waals surface area contributed by atoms with Crippen molar-refractivity contribution in [2.75, 3.05) is 32.8 Å². The maximum Gasteiger partial charge on any atom is 0.392 e.